The molecule has 0 aromatic heterocycles. The van der Waals surface area contributed by atoms with Crippen molar-refractivity contribution < 1.29 is 14.3 Å². The molecular formula is C22H26N2O3. The number of anilines is 1. The van der Waals surface area contributed by atoms with Gasteiger partial charge < -0.3 is 14.8 Å². The number of piperidine rings is 1. The fourth-order valence-electron chi connectivity index (χ4n) is 3.96. The number of benzene rings is 2. The molecule has 5 nitrogen and oxygen atoms in total. The maximum Gasteiger partial charge on any atom is 0.246 e. The van der Waals surface area contributed by atoms with Gasteiger partial charge in [0.2, 0.25) is 5.91 Å². The van der Waals surface area contributed by atoms with Crippen LogP contribution in [0.25, 0.3) is 0 Å². The Morgan fingerprint density at radius 3 is 2.67 bits per heavy atom. The fourth-order valence-corrected chi connectivity index (χ4v) is 3.96. The zero-order chi connectivity index (χ0) is 18.6. The molecule has 0 radical (unpaired) electrons. The number of fused-ring (bicyclic) bond motifs is 1. The Morgan fingerprint density at radius 2 is 1.89 bits per heavy atom. The molecule has 2 heterocycles. The molecule has 27 heavy (non-hydrogen) atoms. The minimum atomic E-state index is -0.290. The summed E-state index contributed by atoms with van der Waals surface area (Å²) in [6.07, 6.45) is 2.35. The molecule has 1 fully saturated rings. The van der Waals surface area contributed by atoms with Crippen LogP contribution < -0.4 is 14.8 Å². The normalized spacial score (nSPS) is 20.7. The average molecular weight is 366 g/mol. The molecule has 2 atom stereocenters. The van der Waals surface area contributed by atoms with E-state index in [1.54, 1.807) is 0 Å². The van der Waals surface area contributed by atoms with Crippen LogP contribution in [-0.2, 0) is 4.79 Å². The van der Waals surface area contributed by atoms with Crippen molar-refractivity contribution in [2.24, 2.45) is 5.92 Å². The summed E-state index contributed by atoms with van der Waals surface area (Å²) in [5.74, 6) is 2.00. The molecule has 0 aliphatic carbocycles. The van der Waals surface area contributed by atoms with Crippen LogP contribution in [0.3, 0.4) is 0 Å². The van der Waals surface area contributed by atoms with Crippen LogP contribution in [0.15, 0.2) is 48.5 Å². The van der Waals surface area contributed by atoms with E-state index in [0.717, 1.165) is 36.5 Å². The van der Waals surface area contributed by atoms with Gasteiger partial charge in [0.05, 0.1) is 0 Å². The number of ether oxygens (including phenoxy) is 2. The highest BCUT2D eigenvalue weighted by Gasteiger charge is 2.30. The Morgan fingerprint density at radius 1 is 1.11 bits per heavy atom. The zero-order valence-corrected chi connectivity index (χ0v) is 15.7. The average Bonchev–Trinajstić information content (AvgIpc) is 2.69. The quantitative estimate of drug-likeness (QED) is 0.892. The van der Waals surface area contributed by atoms with Gasteiger partial charge in [0.1, 0.15) is 19.3 Å². The first-order valence-electron chi connectivity index (χ1n) is 9.70. The van der Waals surface area contributed by atoms with E-state index in [1.807, 2.05) is 48.5 Å². The van der Waals surface area contributed by atoms with Crippen molar-refractivity contribution in [3.8, 4) is 11.5 Å². The molecule has 0 saturated carbocycles. The van der Waals surface area contributed by atoms with E-state index < -0.39 is 0 Å². The lowest BCUT2D eigenvalue weighted by Gasteiger charge is -2.36. The van der Waals surface area contributed by atoms with Crippen molar-refractivity contribution in [3.05, 3.63) is 54.1 Å². The zero-order valence-electron chi connectivity index (χ0n) is 15.7. The Kier molecular flexibility index (Phi) is 5.30. The Balaban J connectivity index is 1.57. The van der Waals surface area contributed by atoms with Crippen molar-refractivity contribution in [1.82, 2.24) is 4.90 Å². The summed E-state index contributed by atoms with van der Waals surface area (Å²) < 4.78 is 11.2. The van der Waals surface area contributed by atoms with Crippen LogP contribution in [0.1, 0.15) is 31.4 Å². The molecule has 2 aromatic carbocycles. The Hall–Kier alpha value is -2.53. The van der Waals surface area contributed by atoms with Crippen molar-refractivity contribution >= 4 is 11.6 Å². The third-order valence-corrected chi connectivity index (χ3v) is 5.23. The summed E-state index contributed by atoms with van der Waals surface area (Å²) in [6.45, 7) is 5.23. The summed E-state index contributed by atoms with van der Waals surface area (Å²) in [6, 6.07) is 15.3. The van der Waals surface area contributed by atoms with Gasteiger partial charge in [-0.15, -0.1) is 0 Å². The number of amides is 1. The van der Waals surface area contributed by atoms with Gasteiger partial charge in [-0.1, -0.05) is 37.3 Å². The predicted octanol–water partition coefficient (Wildman–Crippen LogP) is 3.87. The standard InChI is InChI=1S/C22H26N2O3/c1-16-6-5-11-24(15-16)21(17-7-3-2-4-8-17)22(25)23-18-9-10-19-20(14-18)27-13-12-26-19/h2-4,7-10,14,16,21H,5-6,11-13,15H2,1H3,(H,23,25)/t16-,21-/m0/s1. The minimum absolute atomic E-state index is 0.00743. The summed E-state index contributed by atoms with van der Waals surface area (Å²) in [4.78, 5) is 15.6. The maximum atomic E-state index is 13.3. The monoisotopic (exact) mass is 366 g/mol. The van der Waals surface area contributed by atoms with Crippen LogP contribution in [0.5, 0.6) is 11.5 Å². The first-order valence-corrected chi connectivity index (χ1v) is 9.70. The highest BCUT2D eigenvalue weighted by Crippen LogP contribution is 2.34. The van der Waals surface area contributed by atoms with E-state index in [2.05, 4.69) is 17.1 Å². The fraction of sp³-hybridized carbons (Fsp3) is 0.409. The topological polar surface area (TPSA) is 50.8 Å². The van der Waals surface area contributed by atoms with E-state index >= 15 is 0 Å². The molecule has 2 aromatic rings. The lowest BCUT2D eigenvalue weighted by Crippen LogP contribution is -2.42. The second-order valence-electron chi connectivity index (χ2n) is 7.40. The first-order chi connectivity index (χ1) is 13.2. The van der Waals surface area contributed by atoms with Crippen molar-refractivity contribution in [3.63, 3.8) is 0 Å². The number of hydrogen-bond acceptors (Lipinski definition) is 4. The third-order valence-electron chi connectivity index (χ3n) is 5.23. The molecule has 4 rings (SSSR count). The molecule has 1 N–H and O–H groups in total. The number of hydrogen-bond donors (Lipinski definition) is 1. The summed E-state index contributed by atoms with van der Waals surface area (Å²) >= 11 is 0. The molecule has 0 unspecified atom stereocenters. The summed E-state index contributed by atoms with van der Waals surface area (Å²) in [5.41, 5.74) is 1.76. The second kappa shape index (κ2) is 8.01. The predicted molar refractivity (Wildman–Crippen MR) is 105 cm³/mol. The minimum Gasteiger partial charge on any atom is -0.486 e. The Bertz CT molecular complexity index is 793. The van der Waals surface area contributed by atoms with E-state index in [-0.39, 0.29) is 11.9 Å². The maximum absolute atomic E-state index is 13.3. The molecule has 2 aliphatic rings. The molecule has 142 valence electrons. The van der Waals surface area contributed by atoms with Crippen LogP contribution in [-0.4, -0.2) is 37.1 Å². The van der Waals surface area contributed by atoms with Gasteiger partial charge in [-0.3, -0.25) is 9.69 Å². The molecular weight excluding hydrogens is 340 g/mol. The first kappa shape index (κ1) is 17.9. The van der Waals surface area contributed by atoms with E-state index in [0.29, 0.717) is 24.9 Å². The van der Waals surface area contributed by atoms with Crippen LogP contribution >= 0.6 is 0 Å². The smallest absolute Gasteiger partial charge is 0.246 e. The molecule has 2 aliphatic heterocycles. The van der Waals surface area contributed by atoms with Gasteiger partial charge in [0.15, 0.2) is 11.5 Å². The van der Waals surface area contributed by atoms with Gasteiger partial charge in [0, 0.05) is 18.3 Å². The lowest BCUT2D eigenvalue weighted by molar-refractivity contribution is -0.122. The number of carbonyl (C=O) groups excluding carboxylic acids is 1. The van der Waals surface area contributed by atoms with Gasteiger partial charge in [-0.25, -0.2) is 0 Å². The van der Waals surface area contributed by atoms with E-state index in [9.17, 15) is 4.79 Å². The van der Waals surface area contributed by atoms with Crippen molar-refractivity contribution in [2.45, 2.75) is 25.8 Å². The van der Waals surface area contributed by atoms with Gasteiger partial charge in [0.25, 0.3) is 0 Å². The second-order valence-corrected chi connectivity index (χ2v) is 7.40. The van der Waals surface area contributed by atoms with E-state index in [1.165, 1.54) is 6.42 Å². The van der Waals surface area contributed by atoms with E-state index in [4.69, 9.17) is 9.47 Å². The number of nitrogens with one attached hydrogen (secondary N) is 1. The largest absolute Gasteiger partial charge is 0.486 e. The highest BCUT2D eigenvalue weighted by atomic mass is 16.6. The van der Waals surface area contributed by atoms with Crippen LogP contribution in [0.4, 0.5) is 5.69 Å². The summed E-state index contributed by atoms with van der Waals surface area (Å²) in [5, 5.41) is 3.09. The number of nitrogens with zero attached hydrogens (tertiary/aromatic N) is 1. The lowest BCUT2D eigenvalue weighted by atomic mass is 9.95. The van der Waals surface area contributed by atoms with Crippen LogP contribution in [0.2, 0.25) is 0 Å². The molecule has 0 spiro atoms. The van der Waals surface area contributed by atoms with Gasteiger partial charge >= 0.3 is 0 Å². The number of rotatable bonds is 4. The third kappa shape index (κ3) is 4.08. The number of likely N-dealkylation sites (tertiary alicyclic amines) is 1. The molecule has 0 bridgehead atoms. The highest BCUT2D eigenvalue weighted by molar-refractivity contribution is 5.95. The van der Waals surface area contributed by atoms with Crippen LogP contribution in [0, 0.1) is 5.92 Å². The summed E-state index contributed by atoms with van der Waals surface area (Å²) in [7, 11) is 0. The Labute approximate surface area is 160 Å². The number of carbonyl (C=O) groups is 1. The van der Waals surface area contributed by atoms with Crippen molar-refractivity contribution in [2.75, 3.05) is 31.6 Å². The molecule has 1 saturated heterocycles. The molecule has 1 amide bonds. The van der Waals surface area contributed by atoms with Gasteiger partial charge in [-0.2, -0.15) is 0 Å². The molecule has 5 heteroatoms. The van der Waals surface area contributed by atoms with Gasteiger partial charge in [-0.05, 0) is 43.0 Å². The SMILES string of the molecule is C[C@H]1CCCN([C@H](C(=O)Nc2ccc3c(c2)OCCO3)c2ccccc2)C1. The van der Waals surface area contributed by atoms with Crippen molar-refractivity contribution in [1.29, 1.82) is 0 Å².